The third-order valence-corrected chi connectivity index (χ3v) is 8.95. The fraction of sp³-hybridized carbons (Fsp3) is 1.00. The predicted octanol–water partition coefficient (Wildman–Crippen LogP) is 5.70. The van der Waals surface area contributed by atoms with Crippen molar-refractivity contribution in [2.24, 2.45) is 35.5 Å². The minimum atomic E-state index is -0.0142. The lowest BCUT2D eigenvalue weighted by Gasteiger charge is -2.47. The van der Waals surface area contributed by atoms with E-state index in [1.807, 2.05) is 0 Å². The van der Waals surface area contributed by atoms with Crippen LogP contribution in [0.4, 0.5) is 0 Å². The maximum Gasteiger partial charge on any atom is 0.0540 e. The standard InChI is InChI=1S/C24H42O2/c25-23-10-6-18(7-11-23)21-14-20(17-4-2-1-3-5-17)15-22(16-21)19-8-12-24(26)13-9-19/h17-26H,1-16H2. The van der Waals surface area contributed by atoms with Gasteiger partial charge in [0.25, 0.3) is 0 Å². The lowest BCUT2D eigenvalue weighted by atomic mass is 9.59. The van der Waals surface area contributed by atoms with Crippen molar-refractivity contribution in [3.8, 4) is 0 Å². The molecule has 2 unspecified atom stereocenters. The van der Waals surface area contributed by atoms with Crippen LogP contribution in [0.2, 0.25) is 0 Å². The molecule has 0 saturated heterocycles. The summed E-state index contributed by atoms with van der Waals surface area (Å²) < 4.78 is 0. The first-order valence-corrected chi connectivity index (χ1v) is 12.0. The molecule has 0 amide bonds. The van der Waals surface area contributed by atoms with Crippen LogP contribution in [-0.4, -0.2) is 22.4 Å². The lowest BCUT2D eigenvalue weighted by Crippen LogP contribution is -2.37. The predicted molar refractivity (Wildman–Crippen MR) is 107 cm³/mol. The van der Waals surface area contributed by atoms with Gasteiger partial charge >= 0.3 is 0 Å². The Hall–Kier alpha value is -0.0800. The van der Waals surface area contributed by atoms with Crippen molar-refractivity contribution in [3.05, 3.63) is 0 Å². The van der Waals surface area contributed by atoms with Gasteiger partial charge in [-0.05, 0) is 106 Å². The zero-order valence-corrected chi connectivity index (χ0v) is 16.8. The molecular formula is C24H42O2. The highest BCUT2D eigenvalue weighted by Gasteiger charge is 2.40. The monoisotopic (exact) mass is 362 g/mol. The highest BCUT2D eigenvalue weighted by Crippen LogP contribution is 2.50. The zero-order valence-electron chi connectivity index (χ0n) is 16.8. The van der Waals surface area contributed by atoms with Gasteiger partial charge in [0.2, 0.25) is 0 Å². The van der Waals surface area contributed by atoms with E-state index >= 15 is 0 Å². The summed E-state index contributed by atoms with van der Waals surface area (Å²) in [5.41, 5.74) is 0. The zero-order chi connectivity index (χ0) is 17.9. The Kier molecular flexibility index (Phi) is 6.62. The van der Waals surface area contributed by atoms with E-state index in [9.17, 15) is 10.2 Å². The highest BCUT2D eigenvalue weighted by atomic mass is 16.3. The number of rotatable bonds is 3. The van der Waals surface area contributed by atoms with Crippen LogP contribution >= 0.6 is 0 Å². The van der Waals surface area contributed by atoms with Crippen molar-refractivity contribution >= 4 is 0 Å². The van der Waals surface area contributed by atoms with Crippen LogP contribution in [0.25, 0.3) is 0 Å². The number of aliphatic hydroxyl groups excluding tert-OH is 2. The summed E-state index contributed by atoms with van der Waals surface area (Å²) in [5, 5.41) is 19.9. The molecule has 0 spiro atoms. The third-order valence-electron chi connectivity index (χ3n) is 8.95. The SMILES string of the molecule is OC1CCC(C2CC(C3CCCCC3)CC(C3CCC(O)CC3)C2)CC1. The second-order valence-corrected chi connectivity index (χ2v) is 10.5. The molecule has 4 aliphatic carbocycles. The van der Waals surface area contributed by atoms with Gasteiger partial charge in [0.15, 0.2) is 0 Å². The quantitative estimate of drug-likeness (QED) is 0.676. The van der Waals surface area contributed by atoms with Crippen LogP contribution < -0.4 is 0 Å². The number of aliphatic hydroxyl groups is 2. The van der Waals surface area contributed by atoms with E-state index in [0.717, 1.165) is 61.2 Å². The van der Waals surface area contributed by atoms with E-state index in [-0.39, 0.29) is 12.2 Å². The Morgan fingerprint density at radius 2 is 0.692 bits per heavy atom. The molecule has 2 nitrogen and oxygen atoms in total. The van der Waals surface area contributed by atoms with Crippen molar-refractivity contribution in [1.82, 2.24) is 0 Å². The van der Waals surface area contributed by atoms with Gasteiger partial charge in [-0.15, -0.1) is 0 Å². The maximum absolute atomic E-state index is 9.94. The molecular weight excluding hydrogens is 320 g/mol. The van der Waals surface area contributed by atoms with E-state index in [4.69, 9.17) is 0 Å². The van der Waals surface area contributed by atoms with Crippen LogP contribution in [0.3, 0.4) is 0 Å². The molecule has 4 rings (SSSR count). The Bertz CT molecular complexity index is 384. The molecule has 4 fully saturated rings. The average Bonchev–Trinajstić information content (AvgIpc) is 2.69. The van der Waals surface area contributed by atoms with E-state index in [0.29, 0.717) is 0 Å². The second-order valence-electron chi connectivity index (χ2n) is 10.5. The van der Waals surface area contributed by atoms with E-state index in [1.54, 1.807) is 0 Å². The molecule has 2 N–H and O–H groups in total. The van der Waals surface area contributed by atoms with E-state index in [2.05, 4.69) is 0 Å². The topological polar surface area (TPSA) is 40.5 Å². The molecule has 0 aromatic carbocycles. The summed E-state index contributed by atoms with van der Waals surface area (Å²) in [6.07, 6.45) is 21.2. The summed E-state index contributed by atoms with van der Waals surface area (Å²) in [6.45, 7) is 0. The first kappa shape index (κ1) is 19.2. The van der Waals surface area contributed by atoms with Crippen LogP contribution in [-0.2, 0) is 0 Å². The summed E-state index contributed by atoms with van der Waals surface area (Å²) >= 11 is 0. The fourth-order valence-corrected chi connectivity index (χ4v) is 7.36. The molecule has 2 atom stereocenters. The maximum atomic E-state index is 9.94. The number of hydrogen-bond donors (Lipinski definition) is 2. The largest absolute Gasteiger partial charge is 0.393 e. The summed E-state index contributed by atoms with van der Waals surface area (Å²) in [7, 11) is 0. The Morgan fingerprint density at radius 1 is 0.346 bits per heavy atom. The highest BCUT2D eigenvalue weighted by molar-refractivity contribution is 4.91. The van der Waals surface area contributed by atoms with E-state index < -0.39 is 0 Å². The molecule has 0 aromatic rings. The van der Waals surface area contributed by atoms with Crippen molar-refractivity contribution in [1.29, 1.82) is 0 Å². The van der Waals surface area contributed by atoms with Crippen LogP contribution in [0, 0.1) is 35.5 Å². The molecule has 0 radical (unpaired) electrons. The van der Waals surface area contributed by atoms with Gasteiger partial charge in [0.1, 0.15) is 0 Å². The molecule has 0 heterocycles. The van der Waals surface area contributed by atoms with Gasteiger partial charge in [0, 0.05) is 0 Å². The van der Waals surface area contributed by atoms with Gasteiger partial charge in [-0.3, -0.25) is 0 Å². The van der Waals surface area contributed by atoms with Crippen molar-refractivity contribution in [2.75, 3.05) is 0 Å². The normalized spacial score (nSPS) is 46.2. The fourth-order valence-electron chi connectivity index (χ4n) is 7.36. The minimum absolute atomic E-state index is 0.0142. The van der Waals surface area contributed by atoms with Crippen molar-refractivity contribution in [2.45, 2.75) is 115 Å². The lowest BCUT2D eigenvalue weighted by molar-refractivity contribution is 0.0153. The summed E-state index contributed by atoms with van der Waals surface area (Å²) in [5.74, 6) is 5.64. The Balaban J connectivity index is 1.43. The molecule has 0 aliphatic heterocycles. The van der Waals surface area contributed by atoms with Crippen molar-refractivity contribution < 1.29 is 10.2 Å². The molecule has 2 heteroatoms. The Morgan fingerprint density at radius 3 is 1.08 bits per heavy atom. The number of hydrogen-bond acceptors (Lipinski definition) is 2. The molecule has 0 aromatic heterocycles. The second kappa shape index (κ2) is 8.95. The van der Waals surface area contributed by atoms with Gasteiger partial charge < -0.3 is 10.2 Å². The van der Waals surface area contributed by atoms with Crippen LogP contribution in [0.5, 0.6) is 0 Å². The third kappa shape index (κ3) is 4.66. The van der Waals surface area contributed by atoms with Gasteiger partial charge in [0.05, 0.1) is 12.2 Å². The summed E-state index contributed by atoms with van der Waals surface area (Å²) in [6, 6.07) is 0. The minimum Gasteiger partial charge on any atom is -0.393 e. The first-order valence-electron chi connectivity index (χ1n) is 12.0. The smallest absolute Gasteiger partial charge is 0.0540 e. The van der Waals surface area contributed by atoms with Crippen LogP contribution in [0.1, 0.15) is 103 Å². The molecule has 150 valence electrons. The molecule has 26 heavy (non-hydrogen) atoms. The van der Waals surface area contributed by atoms with Gasteiger partial charge in [-0.1, -0.05) is 32.1 Å². The molecule has 0 bridgehead atoms. The van der Waals surface area contributed by atoms with E-state index in [1.165, 1.54) is 77.0 Å². The first-order chi connectivity index (χ1) is 12.7. The average molecular weight is 363 g/mol. The summed E-state index contributed by atoms with van der Waals surface area (Å²) in [4.78, 5) is 0. The molecule has 4 aliphatic rings. The van der Waals surface area contributed by atoms with Gasteiger partial charge in [-0.2, -0.15) is 0 Å². The Labute approximate surface area is 161 Å². The van der Waals surface area contributed by atoms with Gasteiger partial charge in [-0.25, -0.2) is 0 Å². The molecule has 4 saturated carbocycles. The van der Waals surface area contributed by atoms with Crippen LogP contribution in [0.15, 0.2) is 0 Å². The van der Waals surface area contributed by atoms with Crippen molar-refractivity contribution in [3.63, 3.8) is 0 Å².